The minimum atomic E-state index is -3.49. The van der Waals surface area contributed by atoms with Crippen molar-refractivity contribution in [2.75, 3.05) is 17.6 Å². The van der Waals surface area contributed by atoms with Crippen LogP contribution >= 0.6 is 0 Å². The summed E-state index contributed by atoms with van der Waals surface area (Å²) in [6.45, 7) is 1.84. The van der Waals surface area contributed by atoms with Gasteiger partial charge in [0.1, 0.15) is 6.26 Å². The van der Waals surface area contributed by atoms with Gasteiger partial charge in [-0.15, -0.1) is 0 Å². The van der Waals surface area contributed by atoms with Crippen LogP contribution in [0.3, 0.4) is 0 Å². The Bertz CT molecular complexity index is 767. The Kier molecular flexibility index (Phi) is 4.41. The lowest BCUT2D eigenvalue weighted by molar-refractivity contribution is 0.103. The molecule has 0 bridgehead atoms. The van der Waals surface area contributed by atoms with Crippen LogP contribution in [0.5, 0.6) is 0 Å². The molecular formula is C16H20N2O4S. The molecule has 1 saturated carbocycles. The minimum absolute atomic E-state index is 0.0309. The van der Waals surface area contributed by atoms with Crippen molar-refractivity contribution < 1.29 is 17.6 Å². The summed E-state index contributed by atoms with van der Waals surface area (Å²) in [5.41, 5.74) is 2.07. The summed E-state index contributed by atoms with van der Waals surface area (Å²) in [6, 6.07) is 5.36. The van der Waals surface area contributed by atoms with Gasteiger partial charge in [-0.2, -0.15) is 0 Å². The largest absolute Gasteiger partial charge is 0.445 e. The highest BCUT2D eigenvalue weighted by molar-refractivity contribution is 7.92. The third-order valence-electron chi connectivity index (χ3n) is 4.10. The van der Waals surface area contributed by atoms with Gasteiger partial charge < -0.3 is 9.15 Å². The standard InChI is InChI=1S/C16H20N2O4S/c1-11-13(16-17-8-9-22-16)4-3-5-14(11)18-23(19,20)10-15(21-2)12-6-7-12/h3-5,8-9,12,15,18H,6-7,10H2,1-2H3. The summed E-state index contributed by atoms with van der Waals surface area (Å²) in [4.78, 5) is 4.11. The van der Waals surface area contributed by atoms with Crippen LogP contribution in [0.1, 0.15) is 18.4 Å². The molecule has 1 fully saturated rings. The number of nitrogens with zero attached hydrogens (tertiary/aromatic N) is 1. The van der Waals surface area contributed by atoms with Gasteiger partial charge in [0.15, 0.2) is 0 Å². The topological polar surface area (TPSA) is 81.4 Å². The number of aromatic nitrogens is 1. The lowest BCUT2D eigenvalue weighted by atomic mass is 10.1. The predicted octanol–water partition coefficient (Wildman–Crippen LogP) is 2.82. The van der Waals surface area contributed by atoms with Gasteiger partial charge in [-0.1, -0.05) is 6.07 Å². The van der Waals surface area contributed by atoms with E-state index in [0.29, 0.717) is 17.5 Å². The van der Waals surface area contributed by atoms with E-state index < -0.39 is 10.0 Å². The fourth-order valence-corrected chi connectivity index (χ4v) is 4.10. The lowest BCUT2D eigenvalue weighted by Gasteiger charge is -2.17. The highest BCUT2D eigenvalue weighted by atomic mass is 32.2. The molecule has 1 aliphatic rings. The molecule has 3 rings (SSSR count). The maximum absolute atomic E-state index is 12.4. The quantitative estimate of drug-likeness (QED) is 0.841. The van der Waals surface area contributed by atoms with E-state index in [9.17, 15) is 8.42 Å². The summed E-state index contributed by atoms with van der Waals surface area (Å²) in [5.74, 6) is 0.796. The fourth-order valence-electron chi connectivity index (χ4n) is 2.62. The van der Waals surface area contributed by atoms with E-state index in [1.807, 2.05) is 13.0 Å². The molecule has 1 atom stereocenters. The summed E-state index contributed by atoms with van der Waals surface area (Å²) in [6.07, 6.45) is 4.87. The number of nitrogens with one attached hydrogen (secondary N) is 1. The van der Waals surface area contributed by atoms with Crippen molar-refractivity contribution >= 4 is 15.7 Å². The van der Waals surface area contributed by atoms with Crippen molar-refractivity contribution in [3.8, 4) is 11.5 Å². The first-order valence-corrected chi connectivity index (χ1v) is 9.18. The normalized spacial score (nSPS) is 16.3. The number of hydrogen-bond acceptors (Lipinski definition) is 5. The van der Waals surface area contributed by atoms with Crippen molar-refractivity contribution in [1.29, 1.82) is 0 Å². The second-order valence-electron chi connectivity index (χ2n) is 5.81. The zero-order chi connectivity index (χ0) is 16.4. The molecule has 1 unspecified atom stereocenters. The number of methoxy groups -OCH3 is 1. The zero-order valence-corrected chi connectivity index (χ0v) is 14.0. The molecular weight excluding hydrogens is 316 g/mol. The van der Waals surface area contributed by atoms with Crippen LogP contribution in [0.25, 0.3) is 11.5 Å². The van der Waals surface area contributed by atoms with Crippen LogP contribution in [0, 0.1) is 12.8 Å². The smallest absolute Gasteiger partial charge is 0.235 e. The monoisotopic (exact) mass is 336 g/mol. The molecule has 1 aliphatic carbocycles. The van der Waals surface area contributed by atoms with E-state index in [1.165, 1.54) is 6.26 Å². The molecule has 6 nitrogen and oxygen atoms in total. The first kappa shape index (κ1) is 16.0. The third-order valence-corrected chi connectivity index (χ3v) is 5.39. The molecule has 23 heavy (non-hydrogen) atoms. The average Bonchev–Trinajstić information content (AvgIpc) is 3.22. The van der Waals surface area contributed by atoms with Gasteiger partial charge in [-0.05, 0) is 43.4 Å². The Morgan fingerprint density at radius 2 is 2.22 bits per heavy atom. The van der Waals surface area contributed by atoms with Gasteiger partial charge in [-0.3, -0.25) is 4.72 Å². The number of anilines is 1. The lowest BCUT2D eigenvalue weighted by Crippen LogP contribution is -2.29. The second kappa shape index (κ2) is 6.33. The molecule has 0 spiro atoms. The van der Waals surface area contributed by atoms with Crippen LogP contribution in [-0.2, 0) is 14.8 Å². The Balaban J connectivity index is 1.80. The second-order valence-corrected chi connectivity index (χ2v) is 7.58. The highest BCUT2D eigenvalue weighted by Gasteiger charge is 2.34. The molecule has 124 valence electrons. The Labute approximate surface area is 135 Å². The first-order valence-electron chi connectivity index (χ1n) is 7.53. The molecule has 2 aromatic rings. The van der Waals surface area contributed by atoms with Crippen molar-refractivity contribution in [2.45, 2.75) is 25.9 Å². The van der Waals surface area contributed by atoms with Crippen LogP contribution < -0.4 is 4.72 Å². The Morgan fingerprint density at radius 1 is 1.43 bits per heavy atom. The van der Waals surface area contributed by atoms with Gasteiger partial charge in [0.05, 0.1) is 23.7 Å². The van der Waals surface area contributed by atoms with E-state index in [4.69, 9.17) is 9.15 Å². The van der Waals surface area contributed by atoms with E-state index >= 15 is 0 Å². The molecule has 1 aromatic heterocycles. The molecule has 0 amide bonds. The molecule has 0 saturated heterocycles. The molecule has 1 N–H and O–H groups in total. The van der Waals surface area contributed by atoms with E-state index in [2.05, 4.69) is 9.71 Å². The summed E-state index contributed by atoms with van der Waals surface area (Å²) in [7, 11) is -1.92. The van der Waals surface area contributed by atoms with Crippen molar-refractivity contribution in [1.82, 2.24) is 4.98 Å². The van der Waals surface area contributed by atoms with Gasteiger partial charge >= 0.3 is 0 Å². The molecule has 7 heteroatoms. The van der Waals surface area contributed by atoms with Crippen LogP contribution in [0.15, 0.2) is 35.1 Å². The van der Waals surface area contributed by atoms with Crippen molar-refractivity contribution in [3.63, 3.8) is 0 Å². The number of ether oxygens (including phenoxy) is 1. The maximum Gasteiger partial charge on any atom is 0.235 e. The fraction of sp³-hybridized carbons (Fsp3) is 0.438. The van der Waals surface area contributed by atoms with Gasteiger partial charge in [0.25, 0.3) is 0 Å². The van der Waals surface area contributed by atoms with Crippen LogP contribution in [-0.4, -0.2) is 32.4 Å². The van der Waals surface area contributed by atoms with Crippen molar-refractivity contribution in [3.05, 3.63) is 36.2 Å². The summed E-state index contributed by atoms with van der Waals surface area (Å²) < 4.78 is 38.1. The maximum atomic E-state index is 12.4. The number of hydrogen-bond donors (Lipinski definition) is 1. The van der Waals surface area contributed by atoms with Gasteiger partial charge in [0.2, 0.25) is 15.9 Å². The van der Waals surface area contributed by atoms with E-state index in [-0.39, 0.29) is 11.9 Å². The number of benzene rings is 1. The number of oxazole rings is 1. The SMILES string of the molecule is COC(CS(=O)(=O)Nc1cccc(-c2ncco2)c1C)C1CC1. The minimum Gasteiger partial charge on any atom is -0.445 e. The third kappa shape index (κ3) is 3.73. The van der Waals surface area contributed by atoms with E-state index in [1.54, 1.807) is 25.4 Å². The van der Waals surface area contributed by atoms with E-state index in [0.717, 1.165) is 24.0 Å². The number of rotatable bonds is 7. The Hall–Kier alpha value is -1.86. The first-order chi connectivity index (χ1) is 11.0. The van der Waals surface area contributed by atoms with Gasteiger partial charge in [0, 0.05) is 12.7 Å². The van der Waals surface area contributed by atoms with Crippen LogP contribution in [0.4, 0.5) is 5.69 Å². The predicted molar refractivity (Wildman–Crippen MR) is 87.6 cm³/mol. The molecule has 0 aliphatic heterocycles. The molecule has 0 radical (unpaired) electrons. The van der Waals surface area contributed by atoms with Crippen LogP contribution in [0.2, 0.25) is 0 Å². The summed E-state index contributed by atoms with van der Waals surface area (Å²) >= 11 is 0. The van der Waals surface area contributed by atoms with Crippen molar-refractivity contribution in [2.24, 2.45) is 5.92 Å². The Morgan fingerprint density at radius 3 is 2.83 bits per heavy atom. The highest BCUT2D eigenvalue weighted by Crippen LogP contribution is 2.35. The average molecular weight is 336 g/mol. The number of sulfonamides is 1. The molecule has 1 heterocycles. The molecule has 1 aromatic carbocycles. The summed E-state index contributed by atoms with van der Waals surface area (Å²) in [5, 5.41) is 0. The van der Waals surface area contributed by atoms with Gasteiger partial charge in [-0.25, -0.2) is 13.4 Å². The zero-order valence-electron chi connectivity index (χ0n) is 13.2.